The third kappa shape index (κ3) is 5.85. The van der Waals surface area contributed by atoms with Crippen LogP contribution in [0.4, 0.5) is 4.79 Å². The van der Waals surface area contributed by atoms with E-state index in [2.05, 4.69) is 0 Å². The van der Waals surface area contributed by atoms with Crippen LogP contribution in [0.2, 0.25) is 0 Å². The molecule has 0 aromatic rings. The standard InChI is InChI=1S/C17H31NO4/c1-7-21-14(19)17(5,6)12-13-8-10-18(11-9-13)15(20)22-16(2,3)4/h13H,7-12H2,1-6H3. The number of piperidine rings is 1. The molecule has 1 rings (SSSR count). The van der Waals surface area contributed by atoms with Gasteiger partial charge in [0.25, 0.3) is 0 Å². The summed E-state index contributed by atoms with van der Waals surface area (Å²) in [5, 5.41) is 0. The third-order valence-electron chi connectivity index (χ3n) is 3.89. The van der Waals surface area contributed by atoms with E-state index < -0.39 is 11.0 Å². The zero-order chi connectivity index (χ0) is 17.0. The van der Waals surface area contributed by atoms with Gasteiger partial charge in [0.15, 0.2) is 0 Å². The van der Waals surface area contributed by atoms with E-state index in [4.69, 9.17) is 9.47 Å². The number of amides is 1. The maximum absolute atomic E-state index is 12.0. The molecule has 5 heteroatoms. The molecule has 5 nitrogen and oxygen atoms in total. The second-order valence-electron chi connectivity index (χ2n) is 7.72. The minimum absolute atomic E-state index is 0.135. The Hall–Kier alpha value is -1.26. The maximum Gasteiger partial charge on any atom is 0.410 e. The van der Waals surface area contributed by atoms with Crippen molar-refractivity contribution in [1.82, 2.24) is 4.90 Å². The van der Waals surface area contributed by atoms with Gasteiger partial charge in [0.05, 0.1) is 12.0 Å². The second kappa shape index (κ2) is 7.34. The van der Waals surface area contributed by atoms with E-state index in [-0.39, 0.29) is 12.1 Å². The Labute approximate surface area is 134 Å². The number of nitrogens with zero attached hydrogens (tertiary/aromatic N) is 1. The molecule has 0 bridgehead atoms. The lowest BCUT2D eigenvalue weighted by molar-refractivity contribution is -0.154. The van der Waals surface area contributed by atoms with Gasteiger partial charge >= 0.3 is 12.1 Å². The van der Waals surface area contributed by atoms with Crippen LogP contribution >= 0.6 is 0 Å². The predicted octanol–water partition coefficient (Wildman–Crippen LogP) is 3.61. The zero-order valence-corrected chi connectivity index (χ0v) is 14.9. The first-order valence-electron chi connectivity index (χ1n) is 8.20. The number of hydrogen-bond acceptors (Lipinski definition) is 4. The van der Waals surface area contributed by atoms with Crippen LogP contribution in [-0.2, 0) is 14.3 Å². The quantitative estimate of drug-likeness (QED) is 0.744. The van der Waals surface area contributed by atoms with Crippen molar-refractivity contribution in [3.05, 3.63) is 0 Å². The molecule has 1 fully saturated rings. The van der Waals surface area contributed by atoms with Crippen molar-refractivity contribution >= 4 is 12.1 Å². The molecule has 22 heavy (non-hydrogen) atoms. The van der Waals surface area contributed by atoms with Crippen LogP contribution in [0.25, 0.3) is 0 Å². The Kier molecular flexibility index (Phi) is 6.27. The number of esters is 1. The fourth-order valence-electron chi connectivity index (χ4n) is 2.78. The average molecular weight is 313 g/mol. The van der Waals surface area contributed by atoms with Gasteiger partial charge in [0.2, 0.25) is 0 Å². The topological polar surface area (TPSA) is 55.8 Å². The fourth-order valence-corrected chi connectivity index (χ4v) is 2.78. The van der Waals surface area contributed by atoms with E-state index in [9.17, 15) is 9.59 Å². The molecule has 0 unspecified atom stereocenters. The molecule has 0 N–H and O–H groups in total. The lowest BCUT2D eigenvalue weighted by Crippen LogP contribution is -2.42. The smallest absolute Gasteiger partial charge is 0.410 e. The SMILES string of the molecule is CCOC(=O)C(C)(C)CC1CCN(C(=O)OC(C)(C)C)CC1. The molecule has 1 saturated heterocycles. The number of hydrogen-bond donors (Lipinski definition) is 0. The van der Waals surface area contributed by atoms with Crippen molar-refractivity contribution in [2.75, 3.05) is 19.7 Å². The first-order valence-corrected chi connectivity index (χ1v) is 8.20. The number of carbonyl (C=O) groups is 2. The highest BCUT2D eigenvalue weighted by atomic mass is 16.6. The molecule has 128 valence electrons. The lowest BCUT2D eigenvalue weighted by atomic mass is 9.79. The van der Waals surface area contributed by atoms with Crippen LogP contribution in [0.1, 0.15) is 60.8 Å². The van der Waals surface area contributed by atoms with Gasteiger partial charge in [-0.2, -0.15) is 0 Å². The Morgan fingerprint density at radius 2 is 1.64 bits per heavy atom. The summed E-state index contributed by atoms with van der Waals surface area (Å²) < 4.78 is 10.5. The van der Waals surface area contributed by atoms with E-state index in [1.807, 2.05) is 41.5 Å². The van der Waals surface area contributed by atoms with Gasteiger partial charge < -0.3 is 14.4 Å². The Bertz CT molecular complexity index is 390. The third-order valence-corrected chi connectivity index (χ3v) is 3.89. The van der Waals surface area contributed by atoms with Gasteiger partial charge in [0, 0.05) is 13.1 Å². The minimum Gasteiger partial charge on any atom is -0.466 e. The first-order chi connectivity index (χ1) is 10.0. The molecule has 0 atom stereocenters. The van der Waals surface area contributed by atoms with Gasteiger partial charge in [-0.1, -0.05) is 0 Å². The van der Waals surface area contributed by atoms with Crippen LogP contribution in [0.3, 0.4) is 0 Å². The summed E-state index contributed by atoms with van der Waals surface area (Å²) in [6.45, 7) is 13.1. The van der Waals surface area contributed by atoms with E-state index in [0.29, 0.717) is 25.6 Å². The predicted molar refractivity (Wildman–Crippen MR) is 85.6 cm³/mol. The average Bonchev–Trinajstić information content (AvgIpc) is 2.37. The van der Waals surface area contributed by atoms with E-state index >= 15 is 0 Å². The zero-order valence-electron chi connectivity index (χ0n) is 14.9. The van der Waals surface area contributed by atoms with Crippen LogP contribution in [0, 0.1) is 11.3 Å². The maximum atomic E-state index is 12.0. The molecule has 0 radical (unpaired) electrons. The summed E-state index contributed by atoms with van der Waals surface area (Å²) in [7, 11) is 0. The summed E-state index contributed by atoms with van der Waals surface area (Å²) in [5.41, 5.74) is -0.922. The Morgan fingerprint density at radius 3 is 2.09 bits per heavy atom. The Morgan fingerprint density at radius 1 is 1.09 bits per heavy atom. The molecule has 0 aromatic carbocycles. The van der Waals surface area contributed by atoms with Crippen LogP contribution in [-0.4, -0.2) is 42.3 Å². The van der Waals surface area contributed by atoms with Crippen molar-refractivity contribution < 1.29 is 19.1 Å². The number of likely N-dealkylation sites (tertiary alicyclic amines) is 1. The molecule has 0 saturated carbocycles. The Balaban J connectivity index is 2.45. The van der Waals surface area contributed by atoms with Crippen molar-refractivity contribution in [2.24, 2.45) is 11.3 Å². The number of rotatable bonds is 4. The highest BCUT2D eigenvalue weighted by Gasteiger charge is 2.34. The van der Waals surface area contributed by atoms with Crippen LogP contribution in [0.5, 0.6) is 0 Å². The van der Waals surface area contributed by atoms with Gasteiger partial charge in [-0.15, -0.1) is 0 Å². The normalized spacial score (nSPS) is 17.3. The second-order valence-corrected chi connectivity index (χ2v) is 7.72. The fraction of sp³-hybridized carbons (Fsp3) is 0.882. The summed E-state index contributed by atoms with van der Waals surface area (Å²) in [5.74, 6) is 0.308. The van der Waals surface area contributed by atoms with Crippen molar-refractivity contribution in [3.8, 4) is 0 Å². The molecule has 0 aliphatic carbocycles. The number of carbonyl (C=O) groups excluding carboxylic acids is 2. The van der Waals surface area contributed by atoms with Gasteiger partial charge in [-0.3, -0.25) is 4.79 Å². The minimum atomic E-state index is -0.464. The highest BCUT2D eigenvalue weighted by molar-refractivity contribution is 5.75. The monoisotopic (exact) mass is 313 g/mol. The van der Waals surface area contributed by atoms with Crippen LogP contribution < -0.4 is 0 Å². The molecular formula is C17H31NO4. The summed E-state index contributed by atoms with van der Waals surface area (Å²) in [6.07, 6.45) is 2.37. The van der Waals surface area contributed by atoms with Gasteiger partial charge in [0.1, 0.15) is 5.60 Å². The molecular weight excluding hydrogens is 282 g/mol. The van der Waals surface area contributed by atoms with Gasteiger partial charge in [-0.05, 0) is 66.7 Å². The van der Waals surface area contributed by atoms with E-state index in [0.717, 1.165) is 19.3 Å². The van der Waals surface area contributed by atoms with E-state index in [1.54, 1.807) is 4.90 Å². The van der Waals surface area contributed by atoms with Crippen molar-refractivity contribution in [2.45, 2.75) is 66.4 Å². The molecule has 0 spiro atoms. The number of ether oxygens (including phenoxy) is 2. The molecule has 1 aliphatic heterocycles. The van der Waals surface area contributed by atoms with Crippen molar-refractivity contribution in [3.63, 3.8) is 0 Å². The van der Waals surface area contributed by atoms with Crippen molar-refractivity contribution in [1.29, 1.82) is 0 Å². The summed E-state index contributed by atoms with van der Waals surface area (Å²) in [6, 6.07) is 0. The highest BCUT2D eigenvalue weighted by Crippen LogP contribution is 2.33. The largest absolute Gasteiger partial charge is 0.466 e. The van der Waals surface area contributed by atoms with Crippen LogP contribution in [0.15, 0.2) is 0 Å². The molecule has 1 heterocycles. The van der Waals surface area contributed by atoms with E-state index in [1.165, 1.54) is 0 Å². The van der Waals surface area contributed by atoms with Gasteiger partial charge in [-0.25, -0.2) is 4.79 Å². The summed E-state index contributed by atoms with van der Waals surface area (Å²) >= 11 is 0. The first kappa shape index (κ1) is 18.8. The molecule has 0 aromatic heterocycles. The summed E-state index contributed by atoms with van der Waals surface area (Å²) in [4.78, 5) is 25.8. The lowest BCUT2D eigenvalue weighted by Gasteiger charge is -2.36. The molecule has 1 aliphatic rings. The molecule has 1 amide bonds.